The molecule has 1 aromatic rings. The maximum Gasteiger partial charge on any atom is 0.232 e. The first-order valence-electron chi connectivity index (χ1n) is 6.26. The second-order valence-corrected chi connectivity index (χ2v) is 5.14. The third-order valence-corrected chi connectivity index (χ3v) is 3.69. The van der Waals surface area contributed by atoms with E-state index in [4.69, 9.17) is 22.1 Å². The van der Waals surface area contributed by atoms with Gasteiger partial charge in [0.1, 0.15) is 11.1 Å². The predicted octanol–water partition coefficient (Wildman–Crippen LogP) is 3.66. The molecule has 3 nitrogen and oxygen atoms in total. The average Bonchev–Trinajstić information content (AvgIpc) is 2.33. The fourth-order valence-electron chi connectivity index (χ4n) is 2.40. The van der Waals surface area contributed by atoms with Gasteiger partial charge in [-0.15, -0.1) is 0 Å². The number of hydrogen-bond acceptors (Lipinski definition) is 3. The van der Waals surface area contributed by atoms with Gasteiger partial charge < -0.3 is 10.5 Å². The number of halogens is 1. The monoisotopic (exact) mass is 254 g/mol. The average molecular weight is 255 g/mol. The normalized spacial score (nSPS) is 24.6. The number of rotatable bonds is 3. The van der Waals surface area contributed by atoms with E-state index in [9.17, 15) is 0 Å². The Hall–Kier alpha value is -0.960. The number of nitrogens with zero attached hydrogens (tertiary/aromatic N) is 1. The van der Waals surface area contributed by atoms with Crippen molar-refractivity contribution in [2.45, 2.75) is 45.1 Å². The lowest BCUT2D eigenvalue weighted by molar-refractivity contribution is 0.117. The van der Waals surface area contributed by atoms with E-state index in [1.54, 1.807) is 12.3 Å². The Morgan fingerprint density at radius 2 is 2.35 bits per heavy atom. The molecule has 4 heteroatoms. The second-order valence-electron chi connectivity index (χ2n) is 4.74. The van der Waals surface area contributed by atoms with Crippen LogP contribution in [0.2, 0.25) is 5.02 Å². The van der Waals surface area contributed by atoms with E-state index in [0.717, 1.165) is 18.8 Å². The van der Waals surface area contributed by atoms with Crippen LogP contribution < -0.4 is 10.5 Å². The lowest BCUT2D eigenvalue weighted by Crippen LogP contribution is -2.25. The standard InChI is InChI=1S/C13H19ClN2O/c1-2-9-4-3-5-11(6-9)17-13-12(14)7-10(15)8-16-13/h7-9,11H,2-6,15H2,1H3. The van der Waals surface area contributed by atoms with Crippen molar-refractivity contribution in [3.8, 4) is 5.88 Å². The Labute approximate surface area is 107 Å². The smallest absolute Gasteiger partial charge is 0.232 e. The van der Waals surface area contributed by atoms with Crippen molar-refractivity contribution in [2.75, 3.05) is 5.73 Å². The molecule has 1 heterocycles. The van der Waals surface area contributed by atoms with E-state index in [2.05, 4.69) is 11.9 Å². The van der Waals surface area contributed by atoms with Crippen molar-refractivity contribution in [2.24, 2.45) is 5.92 Å². The van der Waals surface area contributed by atoms with Gasteiger partial charge in [0.15, 0.2) is 0 Å². The number of ether oxygens (including phenoxy) is 1. The van der Waals surface area contributed by atoms with Crippen LogP contribution in [0.25, 0.3) is 0 Å². The van der Waals surface area contributed by atoms with Crippen LogP contribution >= 0.6 is 11.6 Å². The molecule has 0 amide bonds. The predicted molar refractivity (Wildman–Crippen MR) is 70.3 cm³/mol. The Balaban J connectivity index is 2.00. The molecule has 2 atom stereocenters. The zero-order valence-corrected chi connectivity index (χ0v) is 10.9. The van der Waals surface area contributed by atoms with E-state index < -0.39 is 0 Å². The highest BCUT2D eigenvalue weighted by Gasteiger charge is 2.23. The van der Waals surface area contributed by atoms with E-state index in [1.807, 2.05) is 0 Å². The summed E-state index contributed by atoms with van der Waals surface area (Å²) in [4.78, 5) is 4.14. The number of pyridine rings is 1. The molecule has 1 fully saturated rings. The lowest BCUT2D eigenvalue weighted by atomic mass is 9.85. The summed E-state index contributed by atoms with van der Waals surface area (Å²) in [6.07, 6.45) is 7.82. The zero-order chi connectivity index (χ0) is 12.3. The molecule has 0 aromatic carbocycles. The number of nitrogens with two attached hydrogens (primary N) is 1. The summed E-state index contributed by atoms with van der Waals surface area (Å²) in [7, 11) is 0. The van der Waals surface area contributed by atoms with Crippen LogP contribution in [0.1, 0.15) is 39.0 Å². The third kappa shape index (κ3) is 3.25. The Morgan fingerprint density at radius 3 is 3.06 bits per heavy atom. The van der Waals surface area contributed by atoms with Gasteiger partial charge in [-0.1, -0.05) is 31.4 Å². The van der Waals surface area contributed by atoms with E-state index in [1.165, 1.54) is 19.3 Å². The first kappa shape index (κ1) is 12.5. The summed E-state index contributed by atoms with van der Waals surface area (Å²) in [5.74, 6) is 1.30. The first-order chi connectivity index (χ1) is 8.19. The number of anilines is 1. The molecular formula is C13H19ClN2O. The summed E-state index contributed by atoms with van der Waals surface area (Å²) in [6, 6.07) is 1.68. The van der Waals surface area contributed by atoms with Crippen LogP contribution in [0.5, 0.6) is 5.88 Å². The fraction of sp³-hybridized carbons (Fsp3) is 0.615. The molecule has 2 rings (SSSR count). The SMILES string of the molecule is CCC1CCCC(Oc2ncc(N)cc2Cl)C1. The quantitative estimate of drug-likeness (QED) is 0.895. The second kappa shape index (κ2) is 5.58. The van der Waals surface area contributed by atoms with Crippen LogP contribution in [-0.4, -0.2) is 11.1 Å². The molecule has 1 aromatic heterocycles. The molecule has 1 aliphatic rings. The van der Waals surface area contributed by atoms with Gasteiger partial charge in [0.05, 0.1) is 11.9 Å². The number of aromatic nitrogens is 1. The summed E-state index contributed by atoms with van der Waals surface area (Å²) < 4.78 is 5.87. The van der Waals surface area contributed by atoms with E-state index >= 15 is 0 Å². The van der Waals surface area contributed by atoms with Gasteiger partial charge in [0, 0.05) is 0 Å². The largest absolute Gasteiger partial charge is 0.473 e. The minimum absolute atomic E-state index is 0.252. The molecule has 1 aliphatic carbocycles. The van der Waals surface area contributed by atoms with Gasteiger partial charge >= 0.3 is 0 Å². The molecule has 2 unspecified atom stereocenters. The molecule has 0 spiro atoms. The minimum atomic E-state index is 0.252. The van der Waals surface area contributed by atoms with Crippen LogP contribution in [0.15, 0.2) is 12.3 Å². The molecule has 94 valence electrons. The molecule has 0 radical (unpaired) electrons. The van der Waals surface area contributed by atoms with Crippen molar-refractivity contribution in [3.05, 3.63) is 17.3 Å². The summed E-state index contributed by atoms with van der Waals surface area (Å²) in [5.41, 5.74) is 6.17. The van der Waals surface area contributed by atoms with Gasteiger partial charge in [-0.2, -0.15) is 0 Å². The number of hydrogen-bond donors (Lipinski definition) is 1. The first-order valence-corrected chi connectivity index (χ1v) is 6.64. The fourth-order valence-corrected chi connectivity index (χ4v) is 2.62. The maximum atomic E-state index is 6.05. The molecule has 0 saturated heterocycles. The van der Waals surface area contributed by atoms with Crippen LogP contribution in [-0.2, 0) is 0 Å². The van der Waals surface area contributed by atoms with Gasteiger partial charge in [-0.25, -0.2) is 4.98 Å². The highest BCUT2D eigenvalue weighted by atomic mass is 35.5. The van der Waals surface area contributed by atoms with Crippen molar-refractivity contribution >= 4 is 17.3 Å². The highest BCUT2D eigenvalue weighted by molar-refractivity contribution is 6.32. The van der Waals surface area contributed by atoms with Crippen molar-refractivity contribution in [1.29, 1.82) is 0 Å². The van der Waals surface area contributed by atoms with Crippen LogP contribution in [0, 0.1) is 5.92 Å². The topological polar surface area (TPSA) is 48.1 Å². The van der Waals surface area contributed by atoms with Gasteiger partial charge in [-0.05, 0) is 31.2 Å². The highest BCUT2D eigenvalue weighted by Crippen LogP contribution is 2.31. The molecule has 17 heavy (non-hydrogen) atoms. The van der Waals surface area contributed by atoms with Gasteiger partial charge in [0.25, 0.3) is 0 Å². The van der Waals surface area contributed by atoms with Gasteiger partial charge in [0.2, 0.25) is 5.88 Å². The van der Waals surface area contributed by atoms with Crippen LogP contribution in [0.3, 0.4) is 0 Å². The molecule has 2 N–H and O–H groups in total. The zero-order valence-electron chi connectivity index (χ0n) is 10.2. The molecule has 0 bridgehead atoms. The Morgan fingerprint density at radius 1 is 1.53 bits per heavy atom. The minimum Gasteiger partial charge on any atom is -0.473 e. The van der Waals surface area contributed by atoms with Crippen molar-refractivity contribution in [3.63, 3.8) is 0 Å². The van der Waals surface area contributed by atoms with Gasteiger partial charge in [-0.3, -0.25) is 0 Å². The Kier molecular flexibility index (Phi) is 4.11. The molecular weight excluding hydrogens is 236 g/mol. The Bertz CT molecular complexity index is 384. The number of nitrogen functional groups attached to an aromatic ring is 1. The maximum absolute atomic E-state index is 6.05. The van der Waals surface area contributed by atoms with Crippen LogP contribution in [0.4, 0.5) is 5.69 Å². The summed E-state index contributed by atoms with van der Waals surface area (Å²) >= 11 is 6.05. The van der Waals surface area contributed by atoms with Crippen molar-refractivity contribution < 1.29 is 4.74 Å². The van der Waals surface area contributed by atoms with E-state index in [-0.39, 0.29) is 6.10 Å². The summed E-state index contributed by atoms with van der Waals surface area (Å²) in [6.45, 7) is 2.24. The molecule has 1 saturated carbocycles. The van der Waals surface area contributed by atoms with E-state index in [0.29, 0.717) is 16.6 Å². The molecule has 0 aliphatic heterocycles. The van der Waals surface area contributed by atoms with Crippen molar-refractivity contribution in [1.82, 2.24) is 4.98 Å². The summed E-state index contributed by atoms with van der Waals surface area (Å²) in [5, 5.41) is 0.503. The lowest BCUT2D eigenvalue weighted by Gasteiger charge is -2.28. The third-order valence-electron chi connectivity index (χ3n) is 3.42.